The molecule has 0 unspecified atom stereocenters. The number of para-hydroxylation sites is 1. The molecule has 0 aliphatic carbocycles. The Morgan fingerprint density at radius 3 is 2.41 bits per heavy atom. The van der Waals surface area contributed by atoms with Gasteiger partial charge in [-0.2, -0.15) is 0 Å². The number of anilines is 2. The fraction of sp³-hybridized carbons (Fsp3) is 0.107. The molecule has 0 radical (unpaired) electrons. The molecule has 0 saturated heterocycles. The van der Waals surface area contributed by atoms with Gasteiger partial charge in [0, 0.05) is 29.2 Å². The third kappa shape index (κ3) is 4.31. The van der Waals surface area contributed by atoms with Crippen LogP contribution in [0.25, 0.3) is 16.7 Å². The molecular formula is C28H23FN4O4. The monoisotopic (exact) mass is 498 g/mol. The number of amides is 2. The highest BCUT2D eigenvalue weighted by Gasteiger charge is 2.21. The first-order valence-corrected chi connectivity index (χ1v) is 11.5. The first-order valence-electron chi connectivity index (χ1n) is 11.5. The minimum atomic E-state index is -0.531. The van der Waals surface area contributed by atoms with Crippen LogP contribution in [0.3, 0.4) is 0 Å². The van der Waals surface area contributed by atoms with Gasteiger partial charge in [-0.3, -0.25) is 19.1 Å². The average molecular weight is 499 g/mol. The smallest absolute Gasteiger partial charge is 0.295 e. The molecule has 5 aromatic rings. The van der Waals surface area contributed by atoms with Crippen LogP contribution in [0.5, 0.6) is 0 Å². The van der Waals surface area contributed by atoms with Crippen LogP contribution >= 0.6 is 0 Å². The molecule has 0 bridgehead atoms. The highest BCUT2D eigenvalue weighted by molar-refractivity contribution is 6.08. The zero-order valence-corrected chi connectivity index (χ0v) is 20.3. The average Bonchev–Trinajstić information content (AvgIpc) is 3.33. The molecule has 2 N–H and O–H groups in total. The molecule has 2 amide bonds. The summed E-state index contributed by atoms with van der Waals surface area (Å²) in [4.78, 5) is 39.0. The molecule has 2 aromatic heterocycles. The Labute approximate surface area is 210 Å². The van der Waals surface area contributed by atoms with E-state index in [-0.39, 0.29) is 22.6 Å². The third-order valence-electron chi connectivity index (χ3n) is 6.28. The van der Waals surface area contributed by atoms with E-state index in [1.54, 1.807) is 55.9 Å². The Hall–Kier alpha value is -4.92. The summed E-state index contributed by atoms with van der Waals surface area (Å²) in [5.41, 5.74) is 2.57. The molecule has 2 heterocycles. The predicted octanol–water partition coefficient (Wildman–Crippen LogP) is 5.18. The number of fused-ring (bicyclic) bond motifs is 1. The Morgan fingerprint density at radius 1 is 0.892 bits per heavy atom. The van der Waals surface area contributed by atoms with E-state index in [1.807, 2.05) is 18.2 Å². The summed E-state index contributed by atoms with van der Waals surface area (Å²) in [5, 5.41) is 5.94. The van der Waals surface area contributed by atoms with Crippen LogP contribution in [0.15, 0.2) is 82.0 Å². The first kappa shape index (κ1) is 23.8. The number of aromatic nitrogens is 2. The van der Waals surface area contributed by atoms with E-state index in [0.29, 0.717) is 33.6 Å². The molecule has 9 heteroatoms. The maximum absolute atomic E-state index is 13.6. The van der Waals surface area contributed by atoms with Crippen LogP contribution < -0.4 is 16.2 Å². The van der Waals surface area contributed by atoms with Crippen molar-refractivity contribution in [2.75, 3.05) is 10.6 Å². The number of benzene rings is 3. The van der Waals surface area contributed by atoms with Gasteiger partial charge in [-0.25, -0.2) is 9.07 Å². The minimum Gasteiger partial charge on any atom is -0.451 e. The first-order chi connectivity index (χ1) is 17.7. The summed E-state index contributed by atoms with van der Waals surface area (Å²) in [6.07, 6.45) is 0. The molecule has 0 spiro atoms. The maximum Gasteiger partial charge on any atom is 0.295 e. The van der Waals surface area contributed by atoms with Gasteiger partial charge < -0.3 is 15.1 Å². The molecule has 0 atom stereocenters. The van der Waals surface area contributed by atoms with Crippen molar-refractivity contribution in [3.63, 3.8) is 0 Å². The van der Waals surface area contributed by atoms with E-state index in [2.05, 4.69) is 10.6 Å². The Morgan fingerprint density at radius 2 is 1.65 bits per heavy atom. The van der Waals surface area contributed by atoms with Gasteiger partial charge in [0.25, 0.3) is 17.4 Å². The van der Waals surface area contributed by atoms with Gasteiger partial charge in [0.1, 0.15) is 17.1 Å². The molecule has 0 fully saturated rings. The fourth-order valence-electron chi connectivity index (χ4n) is 4.23. The van der Waals surface area contributed by atoms with Crippen LogP contribution in [0.4, 0.5) is 15.8 Å². The van der Waals surface area contributed by atoms with Crippen molar-refractivity contribution in [3.8, 4) is 5.69 Å². The highest BCUT2D eigenvalue weighted by Crippen LogP contribution is 2.27. The van der Waals surface area contributed by atoms with E-state index in [4.69, 9.17) is 4.42 Å². The standard InChI is InChI=1S/C28H23FN4O4/c1-16-22-15-19(29)12-13-23(22)37-25(16)27(35)30-20-9-7-8-18(14-20)26(34)31-24-17(2)32(3)33(28(24)36)21-10-5-4-6-11-21/h4-15H,1-3H3,(H,30,35)(H,31,34). The second-order valence-corrected chi connectivity index (χ2v) is 8.62. The summed E-state index contributed by atoms with van der Waals surface area (Å²) in [5.74, 6) is -1.41. The van der Waals surface area contributed by atoms with Crippen molar-refractivity contribution in [1.29, 1.82) is 0 Å². The van der Waals surface area contributed by atoms with Gasteiger partial charge in [0.2, 0.25) is 0 Å². The lowest BCUT2D eigenvalue weighted by molar-refractivity contribution is 0.0994. The number of carbonyl (C=O) groups is 2. The second kappa shape index (κ2) is 9.27. The number of halogens is 1. The van der Waals surface area contributed by atoms with Crippen molar-refractivity contribution >= 4 is 34.2 Å². The van der Waals surface area contributed by atoms with Gasteiger partial charge in [-0.15, -0.1) is 0 Å². The van der Waals surface area contributed by atoms with Gasteiger partial charge in [-0.1, -0.05) is 24.3 Å². The molecule has 37 heavy (non-hydrogen) atoms. The van der Waals surface area contributed by atoms with E-state index in [0.717, 1.165) is 0 Å². The van der Waals surface area contributed by atoms with E-state index < -0.39 is 17.6 Å². The van der Waals surface area contributed by atoms with Gasteiger partial charge >= 0.3 is 0 Å². The van der Waals surface area contributed by atoms with Crippen molar-refractivity contribution in [2.24, 2.45) is 7.05 Å². The molecule has 0 aliphatic heterocycles. The van der Waals surface area contributed by atoms with E-state index in [9.17, 15) is 18.8 Å². The van der Waals surface area contributed by atoms with Crippen molar-refractivity contribution in [1.82, 2.24) is 9.36 Å². The van der Waals surface area contributed by atoms with Gasteiger partial charge in [0.15, 0.2) is 5.76 Å². The van der Waals surface area contributed by atoms with Crippen molar-refractivity contribution in [3.05, 3.63) is 112 Å². The van der Waals surface area contributed by atoms with E-state index in [1.165, 1.54) is 28.9 Å². The zero-order chi connectivity index (χ0) is 26.3. The number of hydrogen-bond donors (Lipinski definition) is 2. The lowest BCUT2D eigenvalue weighted by Gasteiger charge is -2.08. The molecule has 0 saturated carbocycles. The number of nitrogens with zero attached hydrogens (tertiary/aromatic N) is 2. The molecule has 5 rings (SSSR count). The Bertz CT molecular complexity index is 1730. The van der Waals surface area contributed by atoms with Gasteiger partial charge in [0.05, 0.1) is 11.4 Å². The number of rotatable bonds is 5. The Kier molecular flexibility index (Phi) is 5.96. The molecule has 3 aromatic carbocycles. The van der Waals surface area contributed by atoms with Crippen LogP contribution in [0.1, 0.15) is 32.2 Å². The number of hydrogen-bond acceptors (Lipinski definition) is 4. The van der Waals surface area contributed by atoms with Crippen LogP contribution in [-0.4, -0.2) is 21.2 Å². The Balaban J connectivity index is 1.38. The lowest BCUT2D eigenvalue weighted by Crippen LogP contribution is -2.23. The summed E-state index contributed by atoms with van der Waals surface area (Å²) >= 11 is 0. The molecule has 0 aliphatic rings. The van der Waals surface area contributed by atoms with Crippen LogP contribution in [0.2, 0.25) is 0 Å². The van der Waals surface area contributed by atoms with Crippen molar-refractivity contribution in [2.45, 2.75) is 13.8 Å². The van der Waals surface area contributed by atoms with Crippen LogP contribution in [-0.2, 0) is 7.05 Å². The summed E-state index contributed by atoms with van der Waals surface area (Å²) in [6, 6.07) is 19.5. The van der Waals surface area contributed by atoms with E-state index >= 15 is 0 Å². The summed E-state index contributed by atoms with van der Waals surface area (Å²) in [6.45, 7) is 3.42. The van der Waals surface area contributed by atoms with Crippen molar-refractivity contribution < 1.29 is 18.4 Å². The molecule has 8 nitrogen and oxygen atoms in total. The van der Waals surface area contributed by atoms with Gasteiger partial charge in [-0.05, 0) is 62.4 Å². The molecular weight excluding hydrogens is 475 g/mol. The predicted molar refractivity (Wildman–Crippen MR) is 139 cm³/mol. The minimum absolute atomic E-state index is 0.0526. The normalized spacial score (nSPS) is 11.0. The quantitative estimate of drug-likeness (QED) is 0.349. The maximum atomic E-state index is 13.6. The number of nitrogens with one attached hydrogen (secondary N) is 2. The third-order valence-corrected chi connectivity index (χ3v) is 6.28. The number of aryl methyl sites for hydroxylation is 1. The molecule has 186 valence electrons. The highest BCUT2D eigenvalue weighted by atomic mass is 19.1. The topological polar surface area (TPSA) is 98.3 Å². The SMILES string of the molecule is Cc1c(C(=O)Nc2cccc(C(=O)Nc3c(C)n(C)n(-c4ccccc4)c3=O)c2)oc2ccc(F)cc12. The fourth-order valence-corrected chi connectivity index (χ4v) is 4.23. The summed E-state index contributed by atoms with van der Waals surface area (Å²) < 4.78 is 22.4. The number of furan rings is 1. The summed E-state index contributed by atoms with van der Waals surface area (Å²) in [7, 11) is 1.74. The largest absolute Gasteiger partial charge is 0.451 e. The second-order valence-electron chi connectivity index (χ2n) is 8.62. The zero-order valence-electron chi connectivity index (χ0n) is 20.3. The lowest BCUT2D eigenvalue weighted by atomic mass is 10.1. The number of carbonyl (C=O) groups excluding carboxylic acids is 2. The van der Waals surface area contributed by atoms with Crippen LogP contribution in [0, 0.1) is 19.7 Å².